The summed E-state index contributed by atoms with van der Waals surface area (Å²) in [5.41, 5.74) is 6.25. The molecular formula is C31H23ClFN3O4. The van der Waals surface area contributed by atoms with Crippen LogP contribution in [0.5, 0.6) is 11.5 Å². The van der Waals surface area contributed by atoms with Crippen LogP contribution in [0.15, 0.2) is 90.0 Å². The largest absolute Gasteiger partial charge is 0.493 e. The lowest BCUT2D eigenvalue weighted by atomic mass is 10.0. The summed E-state index contributed by atoms with van der Waals surface area (Å²) in [6.45, 7) is 1.89. The first kappa shape index (κ1) is 26.6. The number of hydrazone groups is 1. The minimum absolute atomic E-state index is 0.182. The van der Waals surface area contributed by atoms with Gasteiger partial charge in [0.2, 0.25) is 0 Å². The molecular weight excluding hydrogens is 533 g/mol. The van der Waals surface area contributed by atoms with Crippen LogP contribution in [0.2, 0.25) is 5.02 Å². The smallest absolute Gasteiger partial charge is 0.343 e. The van der Waals surface area contributed by atoms with Gasteiger partial charge in [0, 0.05) is 27.1 Å². The summed E-state index contributed by atoms with van der Waals surface area (Å²) in [5.74, 6) is -0.937. The number of carbonyl (C=O) groups excluding carboxylic acids is 2. The molecule has 1 aromatic heterocycles. The molecule has 1 amide bonds. The number of fused-ring (bicyclic) bond motifs is 1. The number of aryl methyl sites for hydroxylation is 1. The fourth-order valence-electron chi connectivity index (χ4n) is 4.28. The predicted molar refractivity (Wildman–Crippen MR) is 153 cm³/mol. The molecule has 0 aliphatic carbocycles. The molecule has 40 heavy (non-hydrogen) atoms. The van der Waals surface area contributed by atoms with E-state index in [1.54, 1.807) is 66.7 Å². The maximum atomic E-state index is 14.1. The Hall–Kier alpha value is -4.95. The van der Waals surface area contributed by atoms with Crippen molar-refractivity contribution in [2.75, 3.05) is 7.11 Å². The number of esters is 1. The molecule has 5 aromatic rings. The number of carbonyl (C=O) groups is 2. The van der Waals surface area contributed by atoms with E-state index in [0.717, 1.165) is 5.56 Å². The zero-order chi connectivity index (χ0) is 28.2. The molecule has 0 aliphatic rings. The van der Waals surface area contributed by atoms with E-state index in [1.807, 2.05) is 13.0 Å². The van der Waals surface area contributed by atoms with E-state index >= 15 is 0 Å². The highest BCUT2D eigenvalue weighted by Gasteiger charge is 2.21. The second-order valence-electron chi connectivity index (χ2n) is 8.91. The fourth-order valence-corrected chi connectivity index (χ4v) is 4.51. The van der Waals surface area contributed by atoms with Crippen LogP contribution >= 0.6 is 11.6 Å². The van der Waals surface area contributed by atoms with Gasteiger partial charge in [0.1, 0.15) is 11.5 Å². The van der Waals surface area contributed by atoms with Gasteiger partial charge in [-0.05, 0) is 67.1 Å². The van der Waals surface area contributed by atoms with Crippen molar-refractivity contribution < 1.29 is 23.5 Å². The lowest BCUT2D eigenvalue weighted by molar-refractivity contribution is 0.0729. The Kier molecular flexibility index (Phi) is 7.61. The number of aromatic nitrogens is 1. The van der Waals surface area contributed by atoms with E-state index in [2.05, 4.69) is 15.5 Å². The molecule has 0 spiro atoms. The van der Waals surface area contributed by atoms with E-state index in [9.17, 15) is 14.0 Å². The minimum atomic E-state index is -0.543. The van der Waals surface area contributed by atoms with E-state index < -0.39 is 17.7 Å². The van der Waals surface area contributed by atoms with Crippen molar-refractivity contribution in [2.45, 2.75) is 6.92 Å². The van der Waals surface area contributed by atoms with Gasteiger partial charge >= 0.3 is 5.97 Å². The van der Waals surface area contributed by atoms with Gasteiger partial charge in [-0.3, -0.25) is 4.79 Å². The number of hydrogen-bond donors (Lipinski definition) is 2. The Morgan fingerprint density at radius 1 is 0.975 bits per heavy atom. The third-order valence-electron chi connectivity index (χ3n) is 6.15. The van der Waals surface area contributed by atoms with Crippen molar-refractivity contribution >= 4 is 40.6 Å². The topological polar surface area (TPSA) is 92.8 Å². The average Bonchev–Trinajstić information content (AvgIpc) is 3.32. The Labute approximate surface area is 234 Å². The number of amides is 1. The molecule has 4 aromatic carbocycles. The average molecular weight is 556 g/mol. The predicted octanol–water partition coefficient (Wildman–Crippen LogP) is 6.93. The number of ether oxygens (including phenoxy) is 2. The first-order valence-electron chi connectivity index (χ1n) is 12.2. The second kappa shape index (κ2) is 11.4. The summed E-state index contributed by atoms with van der Waals surface area (Å²) in [5, 5.41) is 5.00. The number of benzene rings is 4. The number of H-pyrrole nitrogens is 1. The summed E-state index contributed by atoms with van der Waals surface area (Å²) in [6.07, 6.45) is 1.42. The van der Waals surface area contributed by atoms with Crippen molar-refractivity contribution in [1.29, 1.82) is 0 Å². The van der Waals surface area contributed by atoms with Gasteiger partial charge in [0.25, 0.3) is 5.91 Å². The van der Waals surface area contributed by atoms with E-state index in [4.69, 9.17) is 21.1 Å². The molecule has 0 atom stereocenters. The Morgan fingerprint density at radius 3 is 2.58 bits per heavy atom. The maximum absolute atomic E-state index is 14.1. The van der Waals surface area contributed by atoms with Gasteiger partial charge in [-0.15, -0.1) is 0 Å². The third-order valence-corrected chi connectivity index (χ3v) is 6.48. The molecule has 0 radical (unpaired) electrons. The number of aromatic amines is 1. The van der Waals surface area contributed by atoms with Crippen LogP contribution in [-0.4, -0.2) is 30.2 Å². The van der Waals surface area contributed by atoms with Crippen molar-refractivity contribution in [3.05, 3.63) is 118 Å². The molecule has 9 heteroatoms. The summed E-state index contributed by atoms with van der Waals surface area (Å²) in [6, 6.07) is 23.2. The summed E-state index contributed by atoms with van der Waals surface area (Å²) >= 11 is 6.42. The standard InChI is InChI=1S/C31H23ClFN3O4/c1-18-6-5-7-20(14-18)31(38)40-26-13-10-19(15-27(26)39-2)17-34-36-30(37)29-28(22-8-3-4-9-24(22)32)23-16-21(33)11-12-25(23)35-29/h3-17,35H,1-2H3,(H,36,37). The summed E-state index contributed by atoms with van der Waals surface area (Å²) in [7, 11) is 1.46. The van der Waals surface area contributed by atoms with E-state index in [0.29, 0.717) is 43.9 Å². The van der Waals surface area contributed by atoms with Crippen LogP contribution in [0.3, 0.4) is 0 Å². The van der Waals surface area contributed by atoms with Crippen molar-refractivity contribution in [2.24, 2.45) is 5.10 Å². The molecule has 5 rings (SSSR count). The highest BCUT2D eigenvalue weighted by molar-refractivity contribution is 6.34. The molecule has 0 bridgehead atoms. The number of halogens is 2. The third kappa shape index (κ3) is 5.57. The van der Waals surface area contributed by atoms with Gasteiger partial charge in [-0.25, -0.2) is 14.6 Å². The molecule has 0 fully saturated rings. The van der Waals surface area contributed by atoms with Crippen LogP contribution in [0, 0.1) is 12.7 Å². The Bertz CT molecular complexity index is 1780. The first-order chi connectivity index (χ1) is 19.3. The zero-order valence-corrected chi connectivity index (χ0v) is 22.3. The van der Waals surface area contributed by atoms with Gasteiger partial charge in [-0.1, -0.05) is 47.5 Å². The molecule has 0 saturated carbocycles. The second-order valence-corrected chi connectivity index (χ2v) is 9.32. The van der Waals surface area contributed by atoms with E-state index in [1.165, 1.54) is 25.5 Å². The molecule has 1 heterocycles. The maximum Gasteiger partial charge on any atom is 0.343 e. The monoisotopic (exact) mass is 555 g/mol. The zero-order valence-electron chi connectivity index (χ0n) is 21.5. The van der Waals surface area contributed by atoms with Crippen molar-refractivity contribution in [3.8, 4) is 22.6 Å². The number of rotatable bonds is 7. The quantitative estimate of drug-likeness (QED) is 0.0985. The van der Waals surface area contributed by atoms with Crippen LogP contribution in [0.4, 0.5) is 4.39 Å². The van der Waals surface area contributed by atoms with Crippen molar-refractivity contribution in [3.63, 3.8) is 0 Å². The van der Waals surface area contributed by atoms with Gasteiger partial charge in [0.05, 0.1) is 18.9 Å². The van der Waals surface area contributed by atoms with Crippen LogP contribution < -0.4 is 14.9 Å². The van der Waals surface area contributed by atoms with Crippen molar-refractivity contribution in [1.82, 2.24) is 10.4 Å². The lowest BCUT2D eigenvalue weighted by Gasteiger charge is -2.10. The molecule has 2 N–H and O–H groups in total. The number of nitrogens with one attached hydrogen (secondary N) is 2. The van der Waals surface area contributed by atoms with Crippen LogP contribution in [0.1, 0.15) is 32.0 Å². The van der Waals surface area contributed by atoms with Gasteiger partial charge in [0.15, 0.2) is 11.5 Å². The van der Waals surface area contributed by atoms with Gasteiger partial charge in [-0.2, -0.15) is 5.10 Å². The fraction of sp³-hybridized carbons (Fsp3) is 0.0645. The lowest BCUT2D eigenvalue weighted by Crippen LogP contribution is -2.19. The normalized spacial score (nSPS) is 11.1. The van der Waals surface area contributed by atoms with E-state index in [-0.39, 0.29) is 11.4 Å². The number of nitrogens with zero attached hydrogens (tertiary/aromatic N) is 1. The minimum Gasteiger partial charge on any atom is -0.493 e. The van der Waals surface area contributed by atoms with Gasteiger partial charge < -0.3 is 14.5 Å². The number of hydrogen-bond acceptors (Lipinski definition) is 5. The SMILES string of the molecule is COc1cc(C=NNC(=O)c2[nH]c3ccc(F)cc3c2-c2ccccc2Cl)ccc1OC(=O)c1cccc(C)c1. The highest BCUT2D eigenvalue weighted by Crippen LogP contribution is 2.37. The molecule has 7 nitrogen and oxygen atoms in total. The Balaban J connectivity index is 1.37. The van der Waals surface area contributed by atoms with Crippen LogP contribution in [-0.2, 0) is 0 Å². The molecule has 0 aliphatic heterocycles. The highest BCUT2D eigenvalue weighted by atomic mass is 35.5. The Morgan fingerprint density at radius 2 is 1.80 bits per heavy atom. The molecule has 200 valence electrons. The summed E-state index contributed by atoms with van der Waals surface area (Å²) in [4.78, 5) is 28.8. The molecule has 0 saturated heterocycles. The van der Waals surface area contributed by atoms with Crippen LogP contribution in [0.25, 0.3) is 22.0 Å². The number of methoxy groups -OCH3 is 1. The summed E-state index contributed by atoms with van der Waals surface area (Å²) < 4.78 is 25.0. The first-order valence-corrected chi connectivity index (χ1v) is 12.6. The molecule has 0 unspecified atom stereocenters.